The average molecular weight is 458 g/mol. The lowest BCUT2D eigenvalue weighted by molar-refractivity contribution is -0.138. The van der Waals surface area contributed by atoms with Crippen LogP contribution in [0.5, 0.6) is 0 Å². The topological polar surface area (TPSA) is 60.9 Å². The second-order valence-electron chi connectivity index (χ2n) is 7.61. The average Bonchev–Trinajstić information content (AvgIpc) is 2.67. The number of amides is 1. The fraction of sp³-hybridized carbons (Fsp3) is 0.632. The first-order valence-electron chi connectivity index (χ1n) is 9.57. The highest BCUT2D eigenvalue weighted by Crippen LogP contribution is 2.26. The lowest BCUT2D eigenvalue weighted by atomic mass is 9.97. The van der Waals surface area contributed by atoms with Crippen molar-refractivity contribution in [1.29, 1.82) is 0 Å². The van der Waals surface area contributed by atoms with Gasteiger partial charge in [0.15, 0.2) is 0 Å². The lowest BCUT2D eigenvalue weighted by Crippen LogP contribution is -2.54. The molecule has 0 aromatic heterocycles. The number of piperazine rings is 1. The highest BCUT2D eigenvalue weighted by molar-refractivity contribution is 9.10. The molecule has 1 aromatic carbocycles. The summed E-state index contributed by atoms with van der Waals surface area (Å²) in [6, 6.07) is 7.24. The number of nitrogens with zero attached hydrogens (tertiary/aromatic N) is 3. The number of hydrogen-bond acceptors (Lipinski definition) is 4. The van der Waals surface area contributed by atoms with Gasteiger partial charge >= 0.3 is 0 Å². The van der Waals surface area contributed by atoms with E-state index in [4.69, 9.17) is 0 Å². The van der Waals surface area contributed by atoms with Gasteiger partial charge in [-0.2, -0.15) is 4.31 Å². The Bertz CT molecular complexity index is 776. The molecule has 2 heterocycles. The van der Waals surface area contributed by atoms with E-state index in [9.17, 15) is 13.2 Å². The van der Waals surface area contributed by atoms with Crippen molar-refractivity contribution in [3.05, 3.63) is 28.7 Å². The summed E-state index contributed by atoms with van der Waals surface area (Å²) in [5, 5.41) is 0. The van der Waals surface area contributed by atoms with E-state index < -0.39 is 10.0 Å². The van der Waals surface area contributed by atoms with Gasteiger partial charge in [0.1, 0.15) is 0 Å². The Hall–Kier alpha value is -0.960. The number of benzene rings is 1. The Balaban J connectivity index is 1.66. The summed E-state index contributed by atoms with van der Waals surface area (Å²) in [7, 11) is -3.58. The van der Waals surface area contributed by atoms with E-state index >= 15 is 0 Å². The predicted octanol–water partition coefficient (Wildman–Crippen LogP) is 2.40. The van der Waals surface area contributed by atoms with Crippen molar-refractivity contribution in [3.8, 4) is 0 Å². The molecule has 150 valence electrons. The van der Waals surface area contributed by atoms with Crippen molar-refractivity contribution in [1.82, 2.24) is 14.1 Å². The fourth-order valence-corrected chi connectivity index (χ4v) is 5.98. The van der Waals surface area contributed by atoms with E-state index in [0.717, 1.165) is 43.5 Å². The quantitative estimate of drug-likeness (QED) is 0.696. The van der Waals surface area contributed by atoms with Crippen molar-refractivity contribution in [2.45, 2.75) is 37.6 Å². The van der Waals surface area contributed by atoms with E-state index in [1.165, 1.54) is 4.31 Å². The minimum atomic E-state index is -3.58. The zero-order valence-corrected chi connectivity index (χ0v) is 18.4. The van der Waals surface area contributed by atoms with Crippen LogP contribution >= 0.6 is 15.9 Å². The molecule has 6 nitrogen and oxygen atoms in total. The third-order valence-electron chi connectivity index (χ3n) is 5.52. The lowest BCUT2D eigenvalue weighted by Gasteiger charge is -2.40. The van der Waals surface area contributed by atoms with Crippen LogP contribution in [0.4, 0.5) is 0 Å². The van der Waals surface area contributed by atoms with Crippen molar-refractivity contribution in [2.24, 2.45) is 5.92 Å². The molecule has 8 heteroatoms. The maximum Gasteiger partial charge on any atom is 0.243 e. The van der Waals surface area contributed by atoms with E-state index in [1.807, 2.05) is 4.90 Å². The molecular formula is C19H28BrN3O3S. The zero-order chi connectivity index (χ0) is 19.6. The monoisotopic (exact) mass is 457 g/mol. The minimum Gasteiger partial charge on any atom is -0.340 e. The summed E-state index contributed by atoms with van der Waals surface area (Å²) >= 11 is 3.33. The first kappa shape index (κ1) is 20.8. The zero-order valence-electron chi connectivity index (χ0n) is 16.0. The fourth-order valence-electron chi connectivity index (χ4n) is 3.86. The molecule has 1 aromatic rings. The predicted molar refractivity (Wildman–Crippen MR) is 109 cm³/mol. The smallest absolute Gasteiger partial charge is 0.243 e. The van der Waals surface area contributed by atoms with Crippen LogP contribution < -0.4 is 0 Å². The van der Waals surface area contributed by atoms with Gasteiger partial charge in [-0.25, -0.2) is 8.42 Å². The van der Waals surface area contributed by atoms with Crippen LogP contribution in [0.2, 0.25) is 0 Å². The molecule has 1 unspecified atom stereocenters. The number of carbonyl (C=O) groups is 1. The van der Waals surface area contributed by atoms with Crippen LogP contribution in [-0.4, -0.2) is 73.7 Å². The van der Waals surface area contributed by atoms with Crippen molar-refractivity contribution < 1.29 is 13.2 Å². The van der Waals surface area contributed by atoms with Crippen molar-refractivity contribution in [3.63, 3.8) is 0 Å². The van der Waals surface area contributed by atoms with E-state index in [1.54, 1.807) is 24.3 Å². The largest absolute Gasteiger partial charge is 0.340 e. The SMILES string of the molecule is CC(C)N1CCN(C(=O)C2CCCN(S(=O)(=O)c3cccc(Br)c3)C2)CC1. The minimum absolute atomic E-state index is 0.104. The van der Waals surface area contributed by atoms with Crippen LogP contribution in [0, 0.1) is 5.92 Å². The molecular weight excluding hydrogens is 430 g/mol. The first-order chi connectivity index (χ1) is 12.8. The number of sulfonamides is 1. The first-order valence-corrected chi connectivity index (χ1v) is 11.8. The van der Waals surface area contributed by atoms with Gasteiger partial charge in [-0.15, -0.1) is 0 Å². The van der Waals surface area contributed by atoms with Crippen LogP contribution in [0.15, 0.2) is 33.6 Å². The Labute approximate surface area is 170 Å². The maximum atomic E-state index is 13.0. The van der Waals surface area contributed by atoms with Gasteiger partial charge in [-0.05, 0) is 44.9 Å². The third kappa shape index (κ3) is 4.72. The highest BCUT2D eigenvalue weighted by atomic mass is 79.9. The summed E-state index contributed by atoms with van der Waals surface area (Å²) < 4.78 is 28.2. The van der Waals surface area contributed by atoms with Gasteiger partial charge in [0.25, 0.3) is 0 Å². The summed E-state index contributed by atoms with van der Waals surface area (Å²) in [6.45, 7) is 8.31. The molecule has 2 fully saturated rings. The van der Waals surface area contributed by atoms with E-state index in [0.29, 0.717) is 12.6 Å². The number of rotatable bonds is 4. The third-order valence-corrected chi connectivity index (χ3v) is 7.88. The molecule has 0 radical (unpaired) electrons. The maximum absolute atomic E-state index is 13.0. The van der Waals surface area contributed by atoms with Crippen molar-refractivity contribution in [2.75, 3.05) is 39.3 Å². The van der Waals surface area contributed by atoms with Crippen LogP contribution in [0.1, 0.15) is 26.7 Å². The molecule has 2 saturated heterocycles. The van der Waals surface area contributed by atoms with Gasteiger partial charge in [0, 0.05) is 49.8 Å². The molecule has 1 atom stereocenters. The van der Waals surface area contributed by atoms with Crippen LogP contribution in [0.3, 0.4) is 0 Å². The summed E-state index contributed by atoms with van der Waals surface area (Å²) in [6.07, 6.45) is 1.48. The van der Waals surface area contributed by atoms with Gasteiger partial charge in [-0.3, -0.25) is 9.69 Å². The molecule has 0 spiro atoms. The Morgan fingerprint density at radius 2 is 1.85 bits per heavy atom. The van der Waals surface area contributed by atoms with Crippen LogP contribution in [-0.2, 0) is 14.8 Å². The highest BCUT2D eigenvalue weighted by Gasteiger charge is 2.36. The molecule has 0 aliphatic carbocycles. The second-order valence-corrected chi connectivity index (χ2v) is 10.5. The number of halogens is 1. The number of carbonyl (C=O) groups excluding carboxylic acids is 1. The molecule has 27 heavy (non-hydrogen) atoms. The van der Waals surface area contributed by atoms with Crippen LogP contribution in [0.25, 0.3) is 0 Å². The molecule has 0 N–H and O–H groups in total. The normalized spacial score (nSPS) is 23.0. The summed E-state index contributed by atoms with van der Waals surface area (Å²) in [5.41, 5.74) is 0. The Kier molecular flexibility index (Phi) is 6.61. The number of hydrogen-bond donors (Lipinski definition) is 0. The summed E-state index contributed by atoms with van der Waals surface area (Å²) in [5.74, 6) is -0.140. The molecule has 0 saturated carbocycles. The molecule has 2 aliphatic rings. The molecule has 0 bridgehead atoms. The van der Waals surface area contributed by atoms with E-state index in [2.05, 4.69) is 34.7 Å². The van der Waals surface area contributed by atoms with Gasteiger partial charge in [0.05, 0.1) is 10.8 Å². The van der Waals surface area contributed by atoms with Gasteiger partial charge < -0.3 is 4.90 Å². The van der Waals surface area contributed by atoms with Crippen molar-refractivity contribution >= 4 is 31.9 Å². The molecule has 1 amide bonds. The number of piperidine rings is 1. The van der Waals surface area contributed by atoms with E-state index in [-0.39, 0.29) is 23.3 Å². The Morgan fingerprint density at radius 3 is 2.48 bits per heavy atom. The summed E-state index contributed by atoms with van der Waals surface area (Å²) in [4.78, 5) is 17.5. The standard InChI is InChI=1S/C19H28BrN3O3S/c1-15(2)21-9-11-22(12-10-21)19(24)16-5-4-8-23(14-16)27(25,26)18-7-3-6-17(20)13-18/h3,6-7,13,15-16H,4-5,8-12,14H2,1-2H3. The van der Waals surface area contributed by atoms with Gasteiger partial charge in [-0.1, -0.05) is 22.0 Å². The molecule has 3 rings (SSSR count). The second kappa shape index (κ2) is 8.59. The Morgan fingerprint density at radius 1 is 1.15 bits per heavy atom. The van der Waals surface area contributed by atoms with Gasteiger partial charge in [0.2, 0.25) is 15.9 Å². The molecule has 2 aliphatic heterocycles.